The Balaban J connectivity index is 1.31. The predicted octanol–water partition coefficient (Wildman–Crippen LogP) is 4.04. The van der Waals surface area contributed by atoms with Gasteiger partial charge in [-0.3, -0.25) is 14.7 Å². The monoisotopic (exact) mass is 425 g/mol. The number of hydrogen-bond donors (Lipinski definition) is 2. The van der Waals surface area contributed by atoms with E-state index in [1.54, 1.807) is 17.0 Å². The Hall–Kier alpha value is -4.13. The minimum Gasteiger partial charge on any atom is -0.378 e. The lowest BCUT2D eigenvalue weighted by molar-refractivity contribution is 0.0750. The molecule has 1 aliphatic heterocycles. The van der Waals surface area contributed by atoms with E-state index >= 15 is 0 Å². The number of carbonyl (C=O) groups excluding carboxylic acids is 2. The normalized spacial score (nSPS) is 12.6. The number of carbonyl (C=O) groups is 2. The van der Waals surface area contributed by atoms with Gasteiger partial charge in [-0.25, -0.2) is 0 Å². The van der Waals surface area contributed by atoms with Gasteiger partial charge in [0.1, 0.15) is 0 Å². The van der Waals surface area contributed by atoms with Crippen LogP contribution < -0.4 is 10.2 Å². The Morgan fingerprint density at radius 3 is 2.41 bits per heavy atom. The molecule has 1 aliphatic rings. The van der Waals surface area contributed by atoms with Crippen LogP contribution in [-0.4, -0.2) is 41.0 Å². The summed E-state index contributed by atoms with van der Waals surface area (Å²) in [4.78, 5) is 29.5. The molecule has 2 amide bonds. The van der Waals surface area contributed by atoms with Crippen molar-refractivity contribution in [3.8, 4) is 0 Å². The van der Waals surface area contributed by atoms with Crippen molar-refractivity contribution < 1.29 is 9.59 Å². The lowest BCUT2D eigenvalue weighted by atomic mass is 10.1. The van der Waals surface area contributed by atoms with E-state index < -0.39 is 0 Å². The quantitative estimate of drug-likeness (QED) is 0.517. The number of nitrogens with one attached hydrogen (secondary N) is 2. The minimum atomic E-state index is -0.232. The fourth-order valence-electron chi connectivity index (χ4n) is 3.98. The fraction of sp³-hybridized carbons (Fsp3) is 0.160. The summed E-state index contributed by atoms with van der Waals surface area (Å²) in [5.41, 5.74) is 3.91. The molecule has 7 heteroatoms. The zero-order valence-corrected chi connectivity index (χ0v) is 17.9. The van der Waals surface area contributed by atoms with Crippen molar-refractivity contribution in [3.63, 3.8) is 0 Å². The van der Waals surface area contributed by atoms with E-state index in [1.807, 2.05) is 73.6 Å². The molecule has 4 aromatic rings. The van der Waals surface area contributed by atoms with Gasteiger partial charge in [0.2, 0.25) is 0 Å². The maximum absolute atomic E-state index is 13.1. The van der Waals surface area contributed by atoms with Gasteiger partial charge in [-0.05, 0) is 47.2 Å². The first-order chi connectivity index (χ1) is 15.5. The van der Waals surface area contributed by atoms with E-state index in [0.29, 0.717) is 30.0 Å². The molecule has 2 N–H and O–H groups in total. The van der Waals surface area contributed by atoms with Gasteiger partial charge in [0.25, 0.3) is 11.8 Å². The highest BCUT2D eigenvalue weighted by atomic mass is 16.2. The number of aromatic amines is 1. The Kier molecular flexibility index (Phi) is 4.86. The highest BCUT2D eigenvalue weighted by Crippen LogP contribution is 2.29. The Bertz CT molecular complexity index is 1320. The van der Waals surface area contributed by atoms with E-state index in [2.05, 4.69) is 15.5 Å². The second-order valence-electron chi connectivity index (χ2n) is 8.15. The van der Waals surface area contributed by atoms with Crippen LogP contribution in [0.15, 0.2) is 66.7 Å². The molecule has 0 bridgehead atoms. The van der Waals surface area contributed by atoms with Crippen molar-refractivity contribution >= 4 is 34.1 Å². The lowest BCUT2D eigenvalue weighted by Crippen LogP contribution is -2.26. The maximum atomic E-state index is 13.1. The smallest absolute Gasteiger partial charge is 0.256 e. The maximum Gasteiger partial charge on any atom is 0.256 e. The fourth-order valence-corrected chi connectivity index (χ4v) is 3.98. The number of rotatable bonds is 4. The Morgan fingerprint density at radius 2 is 1.66 bits per heavy atom. The van der Waals surface area contributed by atoms with E-state index in [-0.39, 0.29) is 11.8 Å². The molecule has 2 heterocycles. The number of nitrogens with zero attached hydrogens (tertiary/aromatic N) is 3. The third-order valence-electron chi connectivity index (χ3n) is 5.81. The van der Waals surface area contributed by atoms with Gasteiger partial charge in [-0.15, -0.1) is 0 Å². The standard InChI is InChI=1S/C25H23N5O2/c1-29(2)20-11-9-17(10-12-20)24(31)26-23-21-14-30(15-22(21)27-28-23)25(32)19-8-7-16-5-3-4-6-18(16)13-19/h3-13H,14-15H2,1-2H3,(H2,26,27,28,31). The number of anilines is 2. The van der Waals surface area contributed by atoms with Gasteiger partial charge in [0.15, 0.2) is 5.82 Å². The molecular weight excluding hydrogens is 402 g/mol. The van der Waals surface area contributed by atoms with Crippen LogP contribution in [0, 0.1) is 0 Å². The van der Waals surface area contributed by atoms with Crippen LogP contribution in [-0.2, 0) is 13.1 Å². The molecule has 0 unspecified atom stereocenters. The molecule has 0 radical (unpaired) electrons. The van der Waals surface area contributed by atoms with Gasteiger partial charge >= 0.3 is 0 Å². The average molecular weight is 425 g/mol. The van der Waals surface area contributed by atoms with Gasteiger partial charge in [0.05, 0.1) is 18.8 Å². The molecule has 0 saturated carbocycles. The second kappa shape index (κ2) is 7.85. The first-order valence-electron chi connectivity index (χ1n) is 10.4. The molecule has 0 spiro atoms. The van der Waals surface area contributed by atoms with Crippen LogP contribution in [0.2, 0.25) is 0 Å². The molecule has 1 aromatic heterocycles. The highest BCUT2D eigenvalue weighted by Gasteiger charge is 2.29. The number of H-pyrrole nitrogens is 1. The summed E-state index contributed by atoms with van der Waals surface area (Å²) < 4.78 is 0. The van der Waals surface area contributed by atoms with Gasteiger partial charge < -0.3 is 15.1 Å². The highest BCUT2D eigenvalue weighted by molar-refractivity contribution is 6.04. The molecule has 7 nitrogen and oxygen atoms in total. The number of hydrogen-bond acceptors (Lipinski definition) is 4. The molecule has 0 atom stereocenters. The molecular formula is C25H23N5O2. The van der Waals surface area contributed by atoms with Crippen molar-refractivity contribution in [1.82, 2.24) is 15.1 Å². The Labute approximate surface area is 185 Å². The number of benzene rings is 3. The molecule has 32 heavy (non-hydrogen) atoms. The molecule has 0 fully saturated rings. The largest absolute Gasteiger partial charge is 0.378 e. The summed E-state index contributed by atoms with van der Waals surface area (Å²) in [5, 5.41) is 12.2. The van der Waals surface area contributed by atoms with Gasteiger partial charge in [-0.1, -0.05) is 30.3 Å². The van der Waals surface area contributed by atoms with Crippen LogP contribution in [0.5, 0.6) is 0 Å². The Morgan fingerprint density at radius 1 is 0.938 bits per heavy atom. The summed E-state index contributed by atoms with van der Waals surface area (Å²) in [7, 11) is 3.90. The van der Waals surface area contributed by atoms with Crippen LogP contribution in [0.4, 0.5) is 11.5 Å². The molecule has 0 aliphatic carbocycles. The van der Waals surface area contributed by atoms with Crippen LogP contribution in [0.25, 0.3) is 10.8 Å². The van der Waals surface area contributed by atoms with Crippen molar-refractivity contribution in [2.24, 2.45) is 0 Å². The van der Waals surface area contributed by atoms with Crippen molar-refractivity contribution in [3.05, 3.63) is 89.1 Å². The molecule has 3 aromatic carbocycles. The first-order valence-corrected chi connectivity index (χ1v) is 10.4. The molecule has 5 rings (SSSR count). The number of fused-ring (bicyclic) bond motifs is 2. The van der Waals surface area contributed by atoms with E-state index in [0.717, 1.165) is 27.7 Å². The summed E-state index contributed by atoms with van der Waals surface area (Å²) in [6, 6.07) is 21.1. The summed E-state index contributed by atoms with van der Waals surface area (Å²) in [5.74, 6) is 0.191. The van der Waals surface area contributed by atoms with Crippen LogP contribution >= 0.6 is 0 Å². The van der Waals surface area contributed by atoms with Crippen LogP contribution in [0.1, 0.15) is 32.0 Å². The number of aromatic nitrogens is 2. The predicted molar refractivity (Wildman–Crippen MR) is 125 cm³/mol. The van der Waals surface area contributed by atoms with Crippen LogP contribution in [0.3, 0.4) is 0 Å². The van der Waals surface area contributed by atoms with Crippen molar-refractivity contribution in [1.29, 1.82) is 0 Å². The van der Waals surface area contributed by atoms with Gasteiger partial charge in [-0.2, -0.15) is 5.10 Å². The number of amides is 2. The SMILES string of the molecule is CN(C)c1ccc(C(=O)Nc2n[nH]c3c2CN(C(=O)c2ccc4ccccc4c2)C3)cc1. The summed E-state index contributed by atoms with van der Waals surface area (Å²) >= 11 is 0. The third-order valence-corrected chi connectivity index (χ3v) is 5.81. The van der Waals surface area contributed by atoms with Gasteiger partial charge in [0, 0.05) is 36.5 Å². The third kappa shape index (κ3) is 3.58. The topological polar surface area (TPSA) is 81.3 Å². The van der Waals surface area contributed by atoms with E-state index in [9.17, 15) is 9.59 Å². The van der Waals surface area contributed by atoms with E-state index in [4.69, 9.17) is 0 Å². The molecule has 0 saturated heterocycles. The first kappa shape index (κ1) is 19.8. The van der Waals surface area contributed by atoms with Crippen molar-refractivity contribution in [2.45, 2.75) is 13.1 Å². The molecule has 160 valence electrons. The zero-order chi connectivity index (χ0) is 22.2. The summed E-state index contributed by atoms with van der Waals surface area (Å²) in [6.07, 6.45) is 0. The van der Waals surface area contributed by atoms with Crippen molar-refractivity contribution in [2.75, 3.05) is 24.3 Å². The van der Waals surface area contributed by atoms with E-state index in [1.165, 1.54) is 0 Å². The lowest BCUT2D eigenvalue weighted by Gasteiger charge is -2.16. The summed E-state index contributed by atoms with van der Waals surface area (Å²) in [6.45, 7) is 0.827. The second-order valence-corrected chi connectivity index (χ2v) is 8.15. The minimum absolute atomic E-state index is 0.0445. The zero-order valence-electron chi connectivity index (χ0n) is 17.9. The average Bonchev–Trinajstić information content (AvgIpc) is 3.40.